The number of carbonyl (C=O) groups excluding carboxylic acids is 1. The van der Waals surface area contributed by atoms with Crippen molar-refractivity contribution in [1.29, 1.82) is 0 Å². The van der Waals surface area contributed by atoms with Gasteiger partial charge in [-0.3, -0.25) is 4.79 Å². The van der Waals surface area contributed by atoms with E-state index in [0.717, 1.165) is 14.7 Å². The molecule has 0 aliphatic heterocycles. The van der Waals surface area contributed by atoms with E-state index in [0.29, 0.717) is 38.5 Å². The Kier molecular flexibility index (Phi) is 6.17. The molecule has 0 aliphatic carbocycles. The van der Waals surface area contributed by atoms with Gasteiger partial charge in [-0.1, -0.05) is 29.3 Å². The Bertz CT molecular complexity index is 1230. The quantitative estimate of drug-likeness (QED) is 0.279. The summed E-state index contributed by atoms with van der Waals surface area (Å²) >= 11 is 14.3. The molecule has 0 bridgehead atoms. The summed E-state index contributed by atoms with van der Waals surface area (Å²) in [5.74, 6) is 0.648. The van der Waals surface area contributed by atoms with E-state index in [1.807, 2.05) is 31.2 Å². The van der Waals surface area contributed by atoms with Crippen LogP contribution in [-0.2, 0) is 4.79 Å². The van der Waals surface area contributed by atoms with Crippen molar-refractivity contribution >= 4 is 68.5 Å². The number of ether oxygens (including phenoxy) is 1. The van der Waals surface area contributed by atoms with Crippen LogP contribution in [0.3, 0.4) is 0 Å². The molecule has 3 aromatic carbocycles. The van der Waals surface area contributed by atoms with Crippen molar-refractivity contribution in [2.75, 3.05) is 11.9 Å². The first kappa shape index (κ1) is 21.0. The van der Waals surface area contributed by atoms with E-state index < -0.39 is 0 Å². The molecule has 1 amide bonds. The van der Waals surface area contributed by atoms with E-state index in [1.165, 1.54) is 0 Å². The van der Waals surface area contributed by atoms with Crippen molar-refractivity contribution < 1.29 is 13.9 Å². The van der Waals surface area contributed by atoms with Gasteiger partial charge in [0.05, 0.1) is 5.02 Å². The maximum Gasteiger partial charge on any atom is 0.262 e. The number of aryl methyl sites for hydroxylation is 1. The van der Waals surface area contributed by atoms with Gasteiger partial charge in [0.2, 0.25) is 5.89 Å². The van der Waals surface area contributed by atoms with E-state index in [4.69, 9.17) is 32.4 Å². The van der Waals surface area contributed by atoms with Crippen LogP contribution in [0, 0.1) is 10.5 Å². The fourth-order valence-electron chi connectivity index (χ4n) is 2.96. The molecular formula is C22H15Cl2IN2O3. The first-order chi connectivity index (χ1) is 14.4. The van der Waals surface area contributed by atoms with Crippen LogP contribution in [0.25, 0.3) is 22.6 Å². The molecule has 8 heteroatoms. The molecule has 5 nitrogen and oxygen atoms in total. The summed E-state index contributed by atoms with van der Waals surface area (Å²) in [5.41, 5.74) is 3.54. The van der Waals surface area contributed by atoms with Gasteiger partial charge in [0, 0.05) is 19.8 Å². The number of carbonyl (C=O) groups is 1. The van der Waals surface area contributed by atoms with Crippen LogP contribution >= 0.6 is 45.8 Å². The van der Waals surface area contributed by atoms with Gasteiger partial charge in [-0.15, -0.1) is 0 Å². The van der Waals surface area contributed by atoms with E-state index in [1.54, 1.807) is 30.3 Å². The molecule has 0 fully saturated rings. The Balaban J connectivity index is 1.47. The molecule has 0 unspecified atom stereocenters. The molecule has 1 N–H and O–H groups in total. The lowest BCUT2D eigenvalue weighted by Crippen LogP contribution is -2.20. The third-order valence-corrected chi connectivity index (χ3v) is 5.45. The highest BCUT2D eigenvalue weighted by atomic mass is 127. The molecule has 0 saturated heterocycles. The van der Waals surface area contributed by atoms with Crippen LogP contribution < -0.4 is 10.1 Å². The van der Waals surface area contributed by atoms with Gasteiger partial charge in [-0.05, 0) is 83.6 Å². The molecule has 1 heterocycles. The highest BCUT2D eigenvalue weighted by Crippen LogP contribution is 2.32. The number of amides is 1. The summed E-state index contributed by atoms with van der Waals surface area (Å²) in [6.45, 7) is 1.63. The molecule has 0 aliphatic rings. The van der Waals surface area contributed by atoms with Crippen molar-refractivity contribution in [3.63, 3.8) is 0 Å². The summed E-state index contributed by atoms with van der Waals surface area (Å²) in [7, 11) is 0. The number of fused-ring (bicyclic) bond motifs is 1. The van der Waals surface area contributed by atoms with E-state index in [-0.39, 0.29) is 12.5 Å². The Labute approximate surface area is 196 Å². The van der Waals surface area contributed by atoms with Crippen molar-refractivity contribution in [2.45, 2.75) is 6.92 Å². The minimum Gasteiger partial charge on any atom is -0.482 e. The second-order valence-corrected chi connectivity index (χ2v) is 8.67. The predicted molar refractivity (Wildman–Crippen MR) is 127 cm³/mol. The molecule has 152 valence electrons. The number of aromatic nitrogens is 1. The van der Waals surface area contributed by atoms with Gasteiger partial charge >= 0.3 is 0 Å². The number of hydrogen-bond acceptors (Lipinski definition) is 4. The van der Waals surface area contributed by atoms with Gasteiger partial charge in [-0.2, -0.15) is 0 Å². The third-order valence-electron chi connectivity index (χ3n) is 4.28. The lowest BCUT2D eigenvalue weighted by atomic mass is 10.2. The number of halogens is 3. The molecule has 0 radical (unpaired) electrons. The molecule has 4 rings (SSSR count). The fraction of sp³-hybridized carbons (Fsp3) is 0.0909. The SMILES string of the molecule is Cc1cc(Cl)cc(Cl)c1OCC(=O)Nc1ccc2oc(-c3cccc(I)c3)nc2c1. The standard InChI is InChI=1S/C22H15Cl2IN2O3/c1-12-7-14(23)9-17(24)21(12)29-11-20(28)26-16-5-6-19-18(10-16)27-22(30-19)13-3-2-4-15(25)8-13/h2-10H,11H2,1H3,(H,26,28). The second kappa shape index (κ2) is 8.83. The topological polar surface area (TPSA) is 64.4 Å². The van der Waals surface area contributed by atoms with Crippen LogP contribution in [0.5, 0.6) is 5.75 Å². The van der Waals surface area contributed by atoms with Crippen LogP contribution in [0.2, 0.25) is 10.0 Å². The van der Waals surface area contributed by atoms with Gasteiger partial charge < -0.3 is 14.5 Å². The highest BCUT2D eigenvalue weighted by molar-refractivity contribution is 14.1. The van der Waals surface area contributed by atoms with Crippen LogP contribution in [0.4, 0.5) is 5.69 Å². The van der Waals surface area contributed by atoms with Crippen molar-refractivity contribution in [3.05, 3.63) is 73.8 Å². The Hall–Kier alpha value is -2.29. The maximum atomic E-state index is 12.3. The average Bonchev–Trinajstić information content (AvgIpc) is 3.10. The van der Waals surface area contributed by atoms with Gasteiger partial charge in [0.15, 0.2) is 12.2 Å². The number of oxazole rings is 1. The minimum atomic E-state index is -0.318. The molecule has 0 saturated carbocycles. The average molecular weight is 553 g/mol. The van der Waals surface area contributed by atoms with Crippen LogP contribution in [0.15, 0.2) is 59.0 Å². The first-order valence-electron chi connectivity index (χ1n) is 8.94. The summed E-state index contributed by atoms with van der Waals surface area (Å²) in [6.07, 6.45) is 0. The molecule has 4 aromatic rings. The summed E-state index contributed by atoms with van der Waals surface area (Å²) < 4.78 is 12.5. The number of anilines is 1. The largest absolute Gasteiger partial charge is 0.482 e. The van der Waals surface area contributed by atoms with Crippen molar-refractivity contribution in [2.24, 2.45) is 0 Å². The normalized spacial score (nSPS) is 10.9. The van der Waals surface area contributed by atoms with Gasteiger partial charge in [0.25, 0.3) is 5.91 Å². The molecule has 30 heavy (non-hydrogen) atoms. The van der Waals surface area contributed by atoms with Crippen LogP contribution in [-0.4, -0.2) is 17.5 Å². The molecule has 1 aromatic heterocycles. The van der Waals surface area contributed by atoms with E-state index in [2.05, 4.69) is 32.9 Å². The Morgan fingerprint density at radius 1 is 1.17 bits per heavy atom. The van der Waals surface area contributed by atoms with Crippen molar-refractivity contribution in [3.8, 4) is 17.2 Å². The van der Waals surface area contributed by atoms with Crippen LogP contribution in [0.1, 0.15) is 5.56 Å². The van der Waals surface area contributed by atoms with Gasteiger partial charge in [-0.25, -0.2) is 4.98 Å². The first-order valence-corrected chi connectivity index (χ1v) is 10.8. The summed E-state index contributed by atoms with van der Waals surface area (Å²) in [6, 6.07) is 16.5. The highest BCUT2D eigenvalue weighted by Gasteiger charge is 2.12. The zero-order valence-corrected chi connectivity index (χ0v) is 19.4. The van der Waals surface area contributed by atoms with Gasteiger partial charge in [0.1, 0.15) is 11.3 Å². The zero-order valence-electron chi connectivity index (χ0n) is 15.7. The Morgan fingerprint density at radius 3 is 2.77 bits per heavy atom. The number of nitrogens with zero attached hydrogens (tertiary/aromatic N) is 1. The molecule has 0 spiro atoms. The smallest absolute Gasteiger partial charge is 0.262 e. The maximum absolute atomic E-state index is 12.3. The fourth-order valence-corrected chi connectivity index (χ4v) is 4.15. The molecular weight excluding hydrogens is 538 g/mol. The lowest BCUT2D eigenvalue weighted by molar-refractivity contribution is -0.118. The van der Waals surface area contributed by atoms with Crippen molar-refractivity contribution in [1.82, 2.24) is 4.98 Å². The lowest BCUT2D eigenvalue weighted by Gasteiger charge is -2.11. The predicted octanol–water partition coefficient (Wildman–Crippen LogP) is 6.73. The summed E-state index contributed by atoms with van der Waals surface area (Å²) in [5, 5.41) is 3.67. The number of hydrogen-bond donors (Lipinski definition) is 1. The monoisotopic (exact) mass is 552 g/mol. The van der Waals surface area contributed by atoms with E-state index in [9.17, 15) is 4.79 Å². The molecule has 0 atom stereocenters. The Morgan fingerprint density at radius 2 is 2.00 bits per heavy atom. The minimum absolute atomic E-state index is 0.188. The second-order valence-electron chi connectivity index (χ2n) is 6.58. The zero-order chi connectivity index (χ0) is 21.3. The van der Waals surface area contributed by atoms with E-state index >= 15 is 0 Å². The number of benzene rings is 3. The third kappa shape index (κ3) is 4.71. The number of rotatable bonds is 5. The number of nitrogens with one attached hydrogen (secondary N) is 1. The summed E-state index contributed by atoms with van der Waals surface area (Å²) in [4.78, 5) is 16.9.